The number of furan rings is 1. The van der Waals surface area contributed by atoms with Crippen LogP contribution in [0.4, 0.5) is 5.69 Å². The fraction of sp³-hybridized carbons (Fsp3) is 0.286. The zero-order chi connectivity index (χ0) is 21.0. The Morgan fingerprint density at radius 2 is 1.77 bits per heavy atom. The normalized spacial score (nSPS) is 27.3. The standard InChI is InChI=1S/C21H16ClN3O5/c22-16-9-13(25(28)29)5-7-15(16)17-8-6-14(30-17)10-23-24-20(26)18-11-1-2-12(4-3-11)19(18)21(24)27/h1-2,5-12,18-19H,3-4H2/b23-10-/t11-,12-,18+,19+/m0/s1. The van der Waals surface area contributed by atoms with Crippen LogP contribution in [0.1, 0.15) is 18.6 Å². The van der Waals surface area contributed by atoms with Gasteiger partial charge in [-0.25, -0.2) is 0 Å². The number of allylic oxidation sites excluding steroid dienone is 2. The molecule has 30 heavy (non-hydrogen) atoms. The average Bonchev–Trinajstić information content (AvgIpc) is 3.31. The number of halogens is 1. The molecule has 3 aliphatic carbocycles. The van der Waals surface area contributed by atoms with E-state index in [1.54, 1.807) is 12.1 Å². The summed E-state index contributed by atoms with van der Waals surface area (Å²) in [7, 11) is 0. The van der Waals surface area contributed by atoms with Gasteiger partial charge in [0.2, 0.25) is 0 Å². The Morgan fingerprint density at radius 3 is 2.33 bits per heavy atom. The second-order valence-electron chi connectivity index (χ2n) is 7.70. The highest BCUT2D eigenvalue weighted by atomic mass is 35.5. The molecule has 1 aliphatic heterocycles. The lowest BCUT2D eigenvalue weighted by Crippen LogP contribution is -2.38. The van der Waals surface area contributed by atoms with Crippen molar-refractivity contribution < 1.29 is 18.9 Å². The number of carbonyl (C=O) groups excluding carboxylic acids is 2. The maximum atomic E-state index is 12.8. The second-order valence-corrected chi connectivity index (χ2v) is 8.10. The molecule has 0 N–H and O–H groups in total. The van der Waals surface area contributed by atoms with Gasteiger partial charge in [-0.2, -0.15) is 10.1 Å². The number of fused-ring (bicyclic) bond motifs is 1. The molecular weight excluding hydrogens is 410 g/mol. The van der Waals surface area contributed by atoms with Crippen LogP contribution in [0.15, 0.2) is 52.0 Å². The van der Waals surface area contributed by atoms with Crippen molar-refractivity contribution in [2.75, 3.05) is 0 Å². The van der Waals surface area contributed by atoms with Gasteiger partial charge in [0.15, 0.2) is 0 Å². The van der Waals surface area contributed by atoms with Gasteiger partial charge in [0.1, 0.15) is 11.5 Å². The fourth-order valence-electron chi connectivity index (χ4n) is 4.67. The maximum Gasteiger partial charge on any atom is 0.270 e. The van der Waals surface area contributed by atoms with Crippen LogP contribution in [0.2, 0.25) is 5.02 Å². The van der Waals surface area contributed by atoms with Crippen molar-refractivity contribution in [3.8, 4) is 11.3 Å². The van der Waals surface area contributed by atoms with Gasteiger partial charge in [-0.1, -0.05) is 23.8 Å². The largest absolute Gasteiger partial charge is 0.455 e. The van der Waals surface area contributed by atoms with Crippen molar-refractivity contribution in [2.45, 2.75) is 12.8 Å². The van der Waals surface area contributed by atoms with Gasteiger partial charge in [0.25, 0.3) is 17.5 Å². The van der Waals surface area contributed by atoms with Gasteiger partial charge in [-0.3, -0.25) is 19.7 Å². The van der Waals surface area contributed by atoms with E-state index in [4.69, 9.17) is 16.0 Å². The molecule has 6 rings (SSSR count). The molecule has 2 fully saturated rings. The quantitative estimate of drug-likeness (QED) is 0.241. The summed E-state index contributed by atoms with van der Waals surface area (Å²) in [6, 6.07) is 7.36. The molecule has 0 spiro atoms. The van der Waals surface area contributed by atoms with E-state index in [2.05, 4.69) is 17.3 Å². The zero-order valence-corrected chi connectivity index (χ0v) is 16.4. The van der Waals surface area contributed by atoms with Crippen LogP contribution in [-0.4, -0.2) is 28.0 Å². The van der Waals surface area contributed by atoms with E-state index in [1.165, 1.54) is 24.4 Å². The SMILES string of the molecule is O=C1[C@H]2[C@H](C(=O)N1/N=C\c1ccc(-c3ccc([N+](=O)[O-])cc3Cl)o1)[C@H]1C=C[C@H]2CC1. The number of benzene rings is 1. The summed E-state index contributed by atoms with van der Waals surface area (Å²) in [6.07, 6.45) is 7.29. The van der Waals surface area contributed by atoms with Crippen LogP contribution in [-0.2, 0) is 9.59 Å². The predicted octanol–water partition coefficient (Wildman–Crippen LogP) is 4.04. The van der Waals surface area contributed by atoms with Gasteiger partial charge in [-0.15, -0.1) is 0 Å². The number of amides is 2. The van der Waals surface area contributed by atoms with Gasteiger partial charge < -0.3 is 4.42 Å². The van der Waals surface area contributed by atoms with Gasteiger partial charge in [0.05, 0.1) is 28.0 Å². The average molecular weight is 426 g/mol. The maximum absolute atomic E-state index is 12.8. The van der Waals surface area contributed by atoms with Crippen LogP contribution in [0.3, 0.4) is 0 Å². The van der Waals surface area contributed by atoms with Crippen LogP contribution in [0.25, 0.3) is 11.3 Å². The highest BCUT2D eigenvalue weighted by molar-refractivity contribution is 6.33. The van der Waals surface area contributed by atoms with E-state index in [0.29, 0.717) is 17.1 Å². The minimum absolute atomic E-state index is 0.108. The van der Waals surface area contributed by atoms with Crippen LogP contribution in [0.5, 0.6) is 0 Å². The molecule has 1 saturated heterocycles. The molecule has 0 radical (unpaired) electrons. The lowest BCUT2D eigenvalue weighted by molar-refractivity contribution is -0.384. The third-order valence-corrected chi connectivity index (χ3v) is 6.40. The zero-order valence-electron chi connectivity index (χ0n) is 15.6. The third kappa shape index (κ3) is 2.87. The summed E-state index contributed by atoms with van der Waals surface area (Å²) < 4.78 is 5.69. The van der Waals surface area contributed by atoms with Crippen LogP contribution >= 0.6 is 11.6 Å². The van der Waals surface area contributed by atoms with Crippen molar-refractivity contribution in [3.63, 3.8) is 0 Å². The number of imide groups is 1. The van der Waals surface area contributed by atoms with Crippen molar-refractivity contribution in [2.24, 2.45) is 28.8 Å². The molecule has 4 atom stereocenters. The molecule has 0 unspecified atom stereocenters. The Bertz CT molecular complexity index is 1110. The number of hydrazone groups is 1. The van der Waals surface area contributed by atoms with E-state index < -0.39 is 4.92 Å². The first-order valence-electron chi connectivity index (χ1n) is 9.58. The van der Waals surface area contributed by atoms with E-state index in [9.17, 15) is 19.7 Å². The number of nitro groups is 1. The number of hydrogen-bond donors (Lipinski definition) is 0. The van der Waals surface area contributed by atoms with Crippen molar-refractivity contribution in [1.82, 2.24) is 5.01 Å². The lowest BCUT2D eigenvalue weighted by atomic mass is 9.63. The Morgan fingerprint density at radius 1 is 1.10 bits per heavy atom. The molecule has 1 saturated carbocycles. The van der Waals surface area contributed by atoms with E-state index >= 15 is 0 Å². The summed E-state index contributed by atoms with van der Waals surface area (Å²) >= 11 is 6.14. The number of carbonyl (C=O) groups is 2. The van der Waals surface area contributed by atoms with Gasteiger partial charge >= 0.3 is 0 Å². The van der Waals surface area contributed by atoms with Crippen molar-refractivity contribution in [3.05, 3.63) is 63.4 Å². The lowest BCUT2D eigenvalue weighted by Gasteiger charge is -2.37. The first kappa shape index (κ1) is 18.7. The van der Waals surface area contributed by atoms with E-state index in [0.717, 1.165) is 17.9 Å². The van der Waals surface area contributed by atoms with Crippen LogP contribution in [0, 0.1) is 33.8 Å². The monoisotopic (exact) mass is 425 g/mol. The first-order chi connectivity index (χ1) is 14.4. The summed E-state index contributed by atoms with van der Waals surface area (Å²) in [5, 5.41) is 16.1. The summed E-state index contributed by atoms with van der Waals surface area (Å²) in [4.78, 5) is 35.9. The molecule has 4 aliphatic rings. The molecule has 2 aromatic rings. The number of non-ortho nitro benzene ring substituents is 1. The van der Waals surface area contributed by atoms with E-state index in [-0.39, 0.29) is 46.2 Å². The Hall–Kier alpha value is -3.26. The molecule has 2 amide bonds. The Labute approximate surface area is 175 Å². The first-order valence-corrected chi connectivity index (χ1v) is 9.96. The Kier molecular flexibility index (Phi) is 4.32. The second kappa shape index (κ2) is 6.91. The molecule has 9 heteroatoms. The van der Waals surface area contributed by atoms with Crippen LogP contribution < -0.4 is 0 Å². The summed E-state index contributed by atoms with van der Waals surface area (Å²) in [5.74, 6) is -0.209. The van der Waals surface area contributed by atoms with E-state index in [1.807, 2.05) is 0 Å². The van der Waals surface area contributed by atoms with Gasteiger partial charge in [0, 0.05) is 17.7 Å². The molecular formula is C21H16ClN3O5. The molecule has 8 nitrogen and oxygen atoms in total. The highest BCUT2D eigenvalue weighted by Gasteiger charge is 2.56. The smallest absolute Gasteiger partial charge is 0.270 e. The predicted molar refractivity (Wildman–Crippen MR) is 108 cm³/mol. The topological polar surface area (TPSA) is 106 Å². The Balaban J connectivity index is 1.36. The molecule has 2 heterocycles. The number of nitro benzene ring substituents is 1. The minimum atomic E-state index is -0.528. The van der Waals surface area contributed by atoms with Gasteiger partial charge in [-0.05, 0) is 42.9 Å². The number of rotatable bonds is 4. The third-order valence-electron chi connectivity index (χ3n) is 6.09. The molecule has 152 valence electrons. The summed E-state index contributed by atoms with van der Waals surface area (Å²) in [5.41, 5.74) is 0.372. The highest BCUT2D eigenvalue weighted by Crippen LogP contribution is 2.49. The minimum Gasteiger partial charge on any atom is -0.455 e. The summed E-state index contributed by atoms with van der Waals surface area (Å²) in [6.45, 7) is 0. The molecule has 1 aromatic heterocycles. The number of nitrogens with zero attached hydrogens (tertiary/aromatic N) is 3. The molecule has 1 aromatic carbocycles. The van der Waals surface area contributed by atoms with Crippen molar-refractivity contribution in [1.29, 1.82) is 0 Å². The fourth-order valence-corrected chi connectivity index (χ4v) is 4.94. The molecule has 2 bridgehead atoms. The van der Waals surface area contributed by atoms with Crippen molar-refractivity contribution >= 4 is 35.3 Å². The number of hydrogen-bond acceptors (Lipinski definition) is 6.